The molecule has 0 bridgehead atoms. The van der Waals surface area contributed by atoms with Crippen LogP contribution in [0.2, 0.25) is 0 Å². The first-order valence-electron chi connectivity index (χ1n) is 11.2. The topological polar surface area (TPSA) is 109 Å². The van der Waals surface area contributed by atoms with E-state index in [1.807, 2.05) is 13.8 Å². The van der Waals surface area contributed by atoms with Crippen LogP contribution in [0, 0.1) is 13.8 Å². The summed E-state index contributed by atoms with van der Waals surface area (Å²) in [7, 11) is 1.58. The number of furan rings is 1. The Labute approximate surface area is 195 Å². The van der Waals surface area contributed by atoms with Crippen LogP contribution in [0.4, 0.5) is 0 Å². The van der Waals surface area contributed by atoms with Crippen molar-refractivity contribution in [2.24, 2.45) is 0 Å². The van der Waals surface area contributed by atoms with E-state index in [0.29, 0.717) is 57.8 Å². The van der Waals surface area contributed by atoms with E-state index < -0.39 is 6.10 Å². The molecule has 0 spiro atoms. The minimum atomic E-state index is -0.512. The van der Waals surface area contributed by atoms with E-state index in [1.165, 1.54) is 0 Å². The Hall–Kier alpha value is -3.85. The number of carbonyl (C=O) groups excluding carboxylic acids is 2. The van der Waals surface area contributed by atoms with Gasteiger partial charge in [-0.15, -0.1) is 0 Å². The molecule has 1 fully saturated rings. The van der Waals surface area contributed by atoms with Gasteiger partial charge in [0.05, 0.1) is 29.5 Å². The average molecular weight is 463 g/mol. The zero-order valence-electron chi connectivity index (χ0n) is 19.5. The summed E-state index contributed by atoms with van der Waals surface area (Å²) in [6, 6.07) is 6.82. The Morgan fingerprint density at radius 1 is 1.26 bits per heavy atom. The van der Waals surface area contributed by atoms with E-state index in [1.54, 1.807) is 60.0 Å². The maximum absolute atomic E-state index is 13.2. The Balaban J connectivity index is 1.51. The highest BCUT2D eigenvalue weighted by atomic mass is 16.5. The first kappa shape index (κ1) is 22.0. The summed E-state index contributed by atoms with van der Waals surface area (Å²) in [4.78, 5) is 27.1. The lowest BCUT2D eigenvalue weighted by Crippen LogP contribution is -2.37. The van der Waals surface area contributed by atoms with Gasteiger partial charge < -0.3 is 24.5 Å². The fourth-order valence-electron chi connectivity index (χ4n) is 4.68. The van der Waals surface area contributed by atoms with Crippen molar-refractivity contribution < 1.29 is 23.8 Å². The Kier molecular flexibility index (Phi) is 5.28. The third-order valence-corrected chi connectivity index (χ3v) is 6.62. The van der Waals surface area contributed by atoms with E-state index in [0.717, 1.165) is 5.56 Å². The Bertz CT molecular complexity index is 1440. The van der Waals surface area contributed by atoms with Crippen LogP contribution < -0.4 is 10.1 Å². The Morgan fingerprint density at radius 2 is 2.06 bits per heavy atom. The van der Waals surface area contributed by atoms with Gasteiger partial charge in [0.1, 0.15) is 22.6 Å². The van der Waals surface area contributed by atoms with Gasteiger partial charge in [-0.2, -0.15) is 5.10 Å². The molecule has 2 atom stereocenters. The molecule has 0 aliphatic carbocycles. The van der Waals surface area contributed by atoms with Crippen molar-refractivity contribution in [1.82, 2.24) is 19.8 Å². The van der Waals surface area contributed by atoms with Crippen molar-refractivity contribution in [2.45, 2.75) is 39.3 Å². The van der Waals surface area contributed by atoms with Crippen LogP contribution >= 0.6 is 0 Å². The van der Waals surface area contributed by atoms with Crippen LogP contribution in [0.25, 0.3) is 16.5 Å². The van der Waals surface area contributed by atoms with Gasteiger partial charge in [0.2, 0.25) is 0 Å². The number of hydrogen-bond acceptors (Lipinski definition) is 6. The van der Waals surface area contributed by atoms with Gasteiger partial charge in [-0.25, -0.2) is 4.52 Å². The van der Waals surface area contributed by atoms with Crippen LogP contribution in [0.3, 0.4) is 0 Å². The van der Waals surface area contributed by atoms with Crippen molar-refractivity contribution in [1.29, 1.82) is 0 Å². The number of nitrogens with zero attached hydrogens (tertiary/aromatic N) is 3. The van der Waals surface area contributed by atoms with Crippen LogP contribution in [-0.2, 0) is 0 Å². The third-order valence-electron chi connectivity index (χ3n) is 6.62. The number of rotatable bonds is 4. The number of carbonyl (C=O) groups is 2. The van der Waals surface area contributed by atoms with E-state index in [4.69, 9.17) is 9.15 Å². The maximum atomic E-state index is 13.2. The van der Waals surface area contributed by atoms with Crippen LogP contribution in [0.1, 0.15) is 45.4 Å². The molecule has 0 unspecified atom stereocenters. The number of nitrogens with one attached hydrogen (secondary N) is 1. The first-order chi connectivity index (χ1) is 16.3. The Morgan fingerprint density at radius 3 is 2.76 bits per heavy atom. The lowest BCUT2D eigenvalue weighted by molar-refractivity contribution is 0.0666. The second-order valence-electron chi connectivity index (χ2n) is 8.62. The number of aromatic nitrogens is 2. The lowest BCUT2D eigenvalue weighted by atomic mass is 10.1. The summed E-state index contributed by atoms with van der Waals surface area (Å²) in [5.74, 6) is 1.26. The minimum absolute atomic E-state index is 0.132. The second-order valence-corrected chi connectivity index (χ2v) is 8.62. The largest absolute Gasteiger partial charge is 0.460 e. The van der Waals surface area contributed by atoms with Crippen molar-refractivity contribution in [3.63, 3.8) is 0 Å². The summed E-state index contributed by atoms with van der Waals surface area (Å²) in [6.45, 7) is 5.99. The molecule has 4 heterocycles. The van der Waals surface area contributed by atoms with Crippen molar-refractivity contribution in [3.8, 4) is 11.5 Å². The second kappa shape index (κ2) is 8.18. The molecule has 0 radical (unpaired) electrons. The molecule has 5 rings (SSSR count). The third kappa shape index (κ3) is 3.40. The fraction of sp³-hybridized carbons (Fsp3) is 0.320. The van der Waals surface area contributed by atoms with Crippen LogP contribution in [0.15, 0.2) is 41.1 Å². The van der Waals surface area contributed by atoms with E-state index in [9.17, 15) is 14.7 Å². The number of ether oxygens (including phenoxy) is 1. The number of likely N-dealkylation sites (tertiary alicyclic amines) is 1. The molecule has 34 heavy (non-hydrogen) atoms. The predicted molar refractivity (Wildman–Crippen MR) is 125 cm³/mol. The molecule has 176 valence electrons. The van der Waals surface area contributed by atoms with Gasteiger partial charge in [-0.3, -0.25) is 9.59 Å². The number of hydrogen-bond donors (Lipinski definition) is 2. The number of aliphatic hydroxyl groups excluding tert-OH is 1. The molecular formula is C25H26N4O5. The van der Waals surface area contributed by atoms with Crippen molar-refractivity contribution >= 4 is 28.3 Å². The molecule has 9 nitrogen and oxygen atoms in total. The number of fused-ring (bicyclic) bond motifs is 2. The minimum Gasteiger partial charge on any atom is -0.460 e. The van der Waals surface area contributed by atoms with Gasteiger partial charge in [-0.1, -0.05) is 0 Å². The summed E-state index contributed by atoms with van der Waals surface area (Å²) < 4.78 is 13.6. The maximum Gasteiger partial charge on any atom is 0.256 e. The van der Waals surface area contributed by atoms with E-state index in [2.05, 4.69) is 10.4 Å². The highest BCUT2D eigenvalue weighted by Gasteiger charge is 2.34. The lowest BCUT2D eigenvalue weighted by Gasteiger charge is -2.22. The van der Waals surface area contributed by atoms with Gasteiger partial charge >= 0.3 is 0 Å². The predicted octanol–water partition coefficient (Wildman–Crippen LogP) is 3.44. The molecule has 1 saturated heterocycles. The summed E-state index contributed by atoms with van der Waals surface area (Å²) >= 11 is 0. The molecule has 4 aromatic rings. The molecule has 2 N–H and O–H groups in total. The first-order valence-corrected chi connectivity index (χ1v) is 11.2. The zero-order chi connectivity index (χ0) is 24.1. The molecule has 0 saturated carbocycles. The van der Waals surface area contributed by atoms with Crippen LogP contribution in [-0.4, -0.2) is 57.2 Å². The van der Waals surface area contributed by atoms with Crippen molar-refractivity contribution in [2.75, 3.05) is 13.6 Å². The van der Waals surface area contributed by atoms with Gasteiger partial charge in [-0.05, 0) is 44.9 Å². The molecular weight excluding hydrogens is 436 g/mol. The van der Waals surface area contributed by atoms with Crippen molar-refractivity contribution in [3.05, 3.63) is 59.1 Å². The normalized spacial score (nSPS) is 18.1. The fourth-order valence-corrected chi connectivity index (χ4v) is 4.68. The van der Waals surface area contributed by atoms with Gasteiger partial charge in [0.15, 0.2) is 5.75 Å². The van der Waals surface area contributed by atoms with E-state index in [-0.39, 0.29) is 17.9 Å². The average Bonchev–Trinajstić information content (AvgIpc) is 3.45. The van der Waals surface area contributed by atoms with E-state index >= 15 is 0 Å². The quantitative estimate of drug-likeness (QED) is 0.481. The number of amides is 2. The molecule has 1 aliphatic rings. The summed E-state index contributed by atoms with van der Waals surface area (Å²) in [6.07, 6.45) is 3.37. The smallest absolute Gasteiger partial charge is 0.256 e. The number of aliphatic hydroxyl groups is 1. The highest BCUT2D eigenvalue weighted by Crippen LogP contribution is 2.34. The molecule has 1 aromatic carbocycles. The zero-order valence-corrected chi connectivity index (χ0v) is 19.5. The molecule has 3 aromatic heterocycles. The van der Waals surface area contributed by atoms with Gasteiger partial charge in [0.25, 0.3) is 11.8 Å². The highest BCUT2D eigenvalue weighted by molar-refractivity contribution is 6.07. The number of aryl methyl sites for hydroxylation is 2. The standard InChI is InChI=1S/C25H26N4O5/c1-13-18(25(32)28-10-8-19(30)14(28)2)12-29-23(13)20(7-9-27-29)34-16-5-6-17-21(11-16)33-15(3)22(17)24(31)26-4/h5-7,9,11-12,14,19,30H,8,10H2,1-4H3,(H,26,31)/t14-,19-/m1/s1. The molecule has 2 amide bonds. The molecule has 1 aliphatic heterocycles. The monoisotopic (exact) mass is 462 g/mol. The molecule has 9 heteroatoms. The summed E-state index contributed by atoms with van der Waals surface area (Å²) in [5.41, 5.74) is 3.00. The van der Waals surface area contributed by atoms with Crippen LogP contribution in [0.5, 0.6) is 11.5 Å². The summed E-state index contributed by atoms with van der Waals surface area (Å²) in [5, 5.41) is 17.8. The number of benzene rings is 1. The van der Waals surface area contributed by atoms with Gasteiger partial charge in [0, 0.05) is 37.3 Å². The SMILES string of the molecule is CNC(=O)c1c(C)oc2cc(Oc3ccnn4cc(C(=O)N5CC[C@@H](O)[C@H]5C)c(C)c34)ccc12.